The highest BCUT2D eigenvalue weighted by Gasteiger charge is 2.09. The summed E-state index contributed by atoms with van der Waals surface area (Å²) in [4.78, 5) is 0. The molecule has 0 radical (unpaired) electrons. The maximum Gasteiger partial charge on any atom is -0.0359 e. The maximum absolute atomic E-state index is 2.34. The molecule has 0 nitrogen and oxygen atoms in total. The summed E-state index contributed by atoms with van der Waals surface area (Å²) in [6, 6.07) is 0. The maximum atomic E-state index is 2.34. The summed E-state index contributed by atoms with van der Waals surface area (Å²) in [7, 11) is 0. The second-order valence-electron chi connectivity index (χ2n) is 17.6. The van der Waals surface area contributed by atoms with Gasteiger partial charge in [-0.25, -0.2) is 0 Å². The van der Waals surface area contributed by atoms with Crippen molar-refractivity contribution in [3.05, 3.63) is 0 Å². The van der Waals surface area contributed by atoms with Crippen LogP contribution in [-0.4, -0.2) is 0 Å². The minimum atomic E-state index is 0.583. The monoisotopic (exact) mass is 773 g/mol. The van der Waals surface area contributed by atoms with Crippen molar-refractivity contribution in [1.29, 1.82) is 0 Å². The molecule has 0 amide bonds. The predicted molar refractivity (Wildman–Crippen MR) is 266 cm³/mol. The molecule has 0 heteroatoms. The second kappa shape index (κ2) is 70.8. The zero-order chi connectivity index (χ0) is 43.9. The second-order valence-corrected chi connectivity index (χ2v) is 17.6. The van der Waals surface area contributed by atoms with E-state index in [0.717, 1.165) is 23.7 Å². The van der Waals surface area contributed by atoms with Gasteiger partial charge in [-0.05, 0) is 29.1 Å². The Morgan fingerprint density at radius 1 is 0.296 bits per heavy atom. The molecule has 0 aromatic heterocycles. The fraction of sp³-hybridized carbons (Fsp3) is 1.00. The zero-order valence-electron chi connectivity index (χ0n) is 43.9. The largest absolute Gasteiger partial charge is 0.0654 e. The molecule has 0 aromatic carbocycles. The molecule has 0 spiro atoms. The first-order chi connectivity index (χ1) is 25.6. The van der Waals surface area contributed by atoms with E-state index in [4.69, 9.17) is 0 Å². The van der Waals surface area contributed by atoms with Crippen molar-refractivity contribution in [2.75, 3.05) is 0 Å². The Labute approximate surface area is 353 Å². The summed E-state index contributed by atoms with van der Waals surface area (Å²) in [6.45, 7) is 49.7. The average Bonchev–Trinajstić information content (AvgIpc) is 3.17. The molecule has 0 fully saturated rings. The van der Waals surface area contributed by atoms with Crippen molar-refractivity contribution in [3.8, 4) is 0 Å². The van der Waals surface area contributed by atoms with Gasteiger partial charge in [-0.1, -0.05) is 326 Å². The predicted octanol–water partition coefficient (Wildman–Crippen LogP) is 22.3. The molecule has 0 saturated carbocycles. The van der Waals surface area contributed by atoms with E-state index in [1.165, 1.54) is 173 Å². The standard InChI is InChI=1S/2C8H18.3C7H16.2C6H14.C5H12/c1-4-5-6-7-8(2)3;1-4-6-8(3)7-5-2;1-5-7(3,4)6-2;1-4-7(5-2)6-3;1-3-5-7-6-4-2;1-4-6(3)5-2;1-3-5-6-4-2;1-3-5-4-2/h2*8H,4-7H2,1-3H3;5-6H2,1-4H3;7H,4-6H2,1-3H3;3-7H2,1-2H3;6H,4-5H2,1-3H3;3-6H2,1-2H3;3-5H2,1-2H3. The van der Waals surface area contributed by atoms with E-state index in [-0.39, 0.29) is 0 Å². The lowest BCUT2D eigenvalue weighted by Crippen LogP contribution is -2.05. The molecule has 340 valence electrons. The highest BCUT2D eigenvalue weighted by atomic mass is 14.2. The van der Waals surface area contributed by atoms with Crippen LogP contribution in [0.3, 0.4) is 0 Å². The van der Waals surface area contributed by atoms with Gasteiger partial charge >= 0.3 is 0 Å². The van der Waals surface area contributed by atoms with E-state index < -0.39 is 0 Å². The molecule has 0 bridgehead atoms. The zero-order valence-corrected chi connectivity index (χ0v) is 43.9. The molecular weight excluding hydrogens is 649 g/mol. The van der Waals surface area contributed by atoms with Gasteiger partial charge in [0.15, 0.2) is 0 Å². The van der Waals surface area contributed by atoms with Crippen LogP contribution in [0.15, 0.2) is 0 Å². The fourth-order valence-corrected chi connectivity index (χ4v) is 4.87. The van der Waals surface area contributed by atoms with Gasteiger partial charge in [-0.2, -0.15) is 0 Å². The van der Waals surface area contributed by atoms with Crippen molar-refractivity contribution in [3.63, 3.8) is 0 Å². The average molecular weight is 774 g/mol. The SMILES string of the molecule is CCC(C)(C)CC.CCC(C)CC.CCC(CC)CC.CCCC(C)CCC.CCCCC.CCCCCC.CCCCCC(C)C.CCCCCCC. The Morgan fingerprint density at radius 3 is 0.741 bits per heavy atom. The summed E-state index contributed by atoms with van der Waals surface area (Å²) in [6.07, 6.45) is 37.1. The van der Waals surface area contributed by atoms with Gasteiger partial charge < -0.3 is 0 Å². The van der Waals surface area contributed by atoms with Crippen LogP contribution in [0, 0.1) is 29.1 Å². The van der Waals surface area contributed by atoms with E-state index in [2.05, 4.69) is 152 Å². The summed E-state index contributed by atoms with van der Waals surface area (Å²) in [5, 5.41) is 0. The molecular formula is C54H124. The van der Waals surface area contributed by atoms with Gasteiger partial charge in [-0.15, -0.1) is 0 Å². The smallest absolute Gasteiger partial charge is 0.0359 e. The number of hydrogen-bond acceptors (Lipinski definition) is 0. The minimum absolute atomic E-state index is 0.583. The van der Waals surface area contributed by atoms with Gasteiger partial charge in [0.2, 0.25) is 0 Å². The van der Waals surface area contributed by atoms with Gasteiger partial charge in [0.25, 0.3) is 0 Å². The molecule has 0 rings (SSSR count). The Morgan fingerprint density at radius 2 is 0.593 bits per heavy atom. The Balaban J connectivity index is -0.0000000749. The van der Waals surface area contributed by atoms with Gasteiger partial charge in [0.1, 0.15) is 0 Å². The molecule has 0 saturated heterocycles. The summed E-state index contributed by atoms with van der Waals surface area (Å²) in [5.41, 5.74) is 0.583. The van der Waals surface area contributed by atoms with Gasteiger partial charge in [0.05, 0.1) is 0 Å². The normalized spacial score (nSPS) is 10.1. The first-order valence-corrected chi connectivity index (χ1v) is 25.6. The van der Waals surface area contributed by atoms with Crippen LogP contribution in [0.1, 0.15) is 326 Å². The van der Waals surface area contributed by atoms with Crippen LogP contribution in [0.25, 0.3) is 0 Å². The third kappa shape index (κ3) is 104. The number of rotatable bonds is 24. The minimum Gasteiger partial charge on any atom is -0.0654 e. The highest BCUT2D eigenvalue weighted by Crippen LogP contribution is 2.22. The molecule has 0 aliphatic rings. The summed E-state index contributed by atoms with van der Waals surface area (Å²) >= 11 is 0. The molecule has 0 aromatic rings. The van der Waals surface area contributed by atoms with Crippen LogP contribution in [-0.2, 0) is 0 Å². The van der Waals surface area contributed by atoms with Crippen molar-refractivity contribution in [2.45, 2.75) is 326 Å². The molecule has 0 N–H and O–H groups in total. The summed E-state index contributed by atoms with van der Waals surface area (Å²) in [5.74, 6) is 3.79. The van der Waals surface area contributed by atoms with Crippen molar-refractivity contribution < 1.29 is 0 Å². The number of hydrogen-bond donors (Lipinski definition) is 0. The van der Waals surface area contributed by atoms with E-state index >= 15 is 0 Å². The molecule has 0 unspecified atom stereocenters. The number of unbranched alkanes of at least 4 members (excludes halogenated alkanes) is 11. The van der Waals surface area contributed by atoms with Crippen LogP contribution in [0.5, 0.6) is 0 Å². The topological polar surface area (TPSA) is 0 Å². The van der Waals surface area contributed by atoms with Crippen molar-refractivity contribution in [1.82, 2.24) is 0 Å². The van der Waals surface area contributed by atoms with E-state index in [9.17, 15) is 0 Å². The van der Waals surface area contributed by atoms with E-state index in [1.807, 2.05) is 0 Å². The lowest BCUT2D eigenvalue weighted by Gasteiger charge is -2.18. The lowest BCUT2D eigenvalue weighted by molar-refractivity contribution is 0.338. The first-order valence-electron chi connectivity index (χ1n) is 25.6. The molecule has 0 aliphatic carbocycles. The van der Waals surface area contributed by atoms with Crippen molar-refractivity contribution >= 4 is 0 Å². The fourth-order valence-electron chi connectivity index (χ4n) is 4.87. The molecule has 0 heterocycles. The van der Waals surface area contributed by atoms with Crippen LogP contribution in [0.2, 0.25) is 0 Å². The Bertz CT molecular complexity index is 453. The van der Waals surface area contributed by atoms with E-state index in [1.54, 1.807) is 0 Å². The molecule has 54 heavy (non-hydrogen) atoms. The molecule has 0 atom stereocenters. The van der Waals surface area contributed by atoms with Gasteiger partial charge in [-0.3, -0.25) is 0 Å². The van der Waals surface area contributed by atoms with Crippen LogP contribution >= 0.6 is 0 Å². The molecule has 0 aliphatic heterocycles. The first kappa shape index (κ1) is 71.7. The van der Waals surface area contributed by atoms with Gasteiger partial charge in [0, 0.05) is 0 Å². The van der Waals surface area contributed by atoms with E-state index in [0.29, 0.717) is 5.41 Å². The lowest BCUT2D eigenvalue weighted by atomic mass is 9.88. The van der Waals surface area contributed by atoms with Crippen LogP contribution in [0.4, 0.5) is 0 Å². The summed E-state index contributed by atoms with van der Waals surface area (Å²) < 4.78 is 0. The third-order valence-corrected chi connectivity index (χ3v) is 10.9. The quantitative estimate of drug-likeness (QED) is 0.0857. The van der Waals surface area contributed by atoms with Crippen molar-refractivity contribution in [2.24, 2.45) is 29.1 Å². The highest BCUT2D eigenvalue weighted by molar-refractivity contribution is 4.61. The Hall–Kier alpha value is 0. The van der Waals surface area contributed by atoms with Crippen LogP contribution < -0.4 is 0 Å². The Kier molecular flexibility index (Phi) is 93.9. The third-order valence-electron chi connectivity index (χ3n) is 10.9.